The molecule has 0 saturated heterocycles. The van der Waals surface area contributed by atoms with E-state index < -0.39 is 0 Å². The molecule has 3 rings (SSSR count). The molecule has 1 heterocycles. The van der Waals surface area contributed by atoms with E-state index in [4.69, 9.17) is 4.74 Å². The largest absolute Gasteiger partial charge is 0.368 e. The van der Waals surface area contributed by atoms with Gasteiger partial charge >= 0.3 is 0 Å². The molecule has 3 atom stereocenters. The zero-order valence-corrected chi connectivity index (χ0v) is 19.4. The molecule has 1 aromatic carbocycles. The lowest BCUT2D eigenvalue weighted by molar-refractivity contribution is -0.132. The first-order valence-electron chi connectivity index (χ1n) is 12.0. The van der Waals surface area contributed by atoms with Crippen LogP contribution in [0.15, 0.2) is 60.2 Å². The lowest BCUT2D eigenvalue weighted by Gasteiger charge is -2.21. The number of carbonyl (C=O) groups is 1. The molecule has 3 nitrogen and oxygen atoms in total. The number of hydrogen-bond donors (Lipinski definition) is 1. The Bertz CT molecular complexity index is 790. The van der Waals surface area contributed by atoms with Crippen molar-refractivity contribution < 1.29 is 9.53 Å². The molecule has 0 fully saturated rings. The van der Waals surface area contributed by atoms with Crippen molar-refractivity contribution >= 4 is 5.91 Å². The van der Waals surface area contributed by atoms with Crippen LogP contribution in [-0.2, 0) is 22.5 Å². The third-order valence-electron chi connectivity index (χ3n) is 6.48. The number of benzene rings is 1. The quantitative estimate of drug-likeness (QED) is 0.525. The van der Waals surface area contributed by atoms with Gasteiger partial charge in [-0.15, -0.1) is 0 Å². The summed E-state index contributed by atoms with van der Waals surface area (Å²) in [5.74, 6) is 1.26. The summed E-state index contributed by atoms with van der Waals surface area (Å²) in [7, 11) is 0. The summed E-state index contributed by atoms with van der Waals surface area (Å²) in [4.78, 5) is 12.8. The zero-order valence-electron chi connectivity index (χ0n) is 19.4. The summed E-state index contributed by atoms with van der Waals surface area (Å²) in [6.07, 6.45) is 14.8. The lowest BCUT2D eigenvalue weighted by atomic mass is 9.85. The maximum Gasteiger partial charge on any atom is 0.249 e. The van der Waals surface area contributed by atoms with Crippen LogP contribution in [-0.4, -0.2) is 18.6 Å². The topological polar surface area (TPSA) is 38.3 Å². The van der Waals surface area contributed by atoms with Gasteiger partial charge in [-0.2, -0.15) is 0 Å². The van der Waals surface area contributed by atoms with Gasteiger partial charge in [0.05, 0.1) is 6.61 Å². The molecule has 3 heteroatoms. The van der Waals surface area contributed by atoms with Gasteiger partial charge in [0.15, 0.2) is 0 Å². The Hall–Kier alpha value is -2.13. The van der Waals surface area contributed by atoms with Gasteiger partial charge in [-0.1, -0.05) is 74.1 Å². The van der Waals surface area contributed by atoms with E-state index in [9.17, 15) is 4.79 Å². The number of nitrogens with one attached hydrogen (secondary N) is 1. The van der Waals surface area contributed by atoms with Crippen molar-refractivity contribution in [2.75, 3.05) is 6.61 Å². The first-order chi connectivity index (χ1) is 15.0. The van der Waals surface area contributed by atoms with Gasteiger partial charge in [-0.25, -0.2) is 0 Å². The molecular weight excluding hydrogens is 382 g/mol. The fourth-order valence-electron chi connectivity index (χ4n) is 4.59. The minimum Gasteiger partial charge on any atom is -0.368 e. The summed E-state index contributed by atoms with van der Waals surface area (Å²) >= 11 is 0. The van der Waals surface area contributed by atoms with Crippen LogP contribution in [0.4, 0.5) is 0 Å². The Kier molecular flexibility index (Phi) is 9.14. The van der Waals surface area contributed by atoms with Crippen molar-refractivity contribution in [3.8, 4) is 0 Å². The van der Waals surface area contributed by atoms with Gasteiger partial charge in [-0.05, 0) is 67.9 Å². The SMILES string of the molecule is C=C1C[C@H](C)C/C=C/[C@@H](CCC2=CCCO[C@H](C(=O)NCc3ccc(CC)cc3)C2)C1. The van der Waals surface area contributed by atoms with Crippen molar-refractivity contribution in [2.24, 2.45) is 11.8 Å². The third-order valence-corrected chi connectivity index (χ3v) is 6.48. The van der Waals surface area contributed by atoms with Gasteiger partial charge in [0.2, 0.25) is 5.91 Å². The van der Waals surface area contributed by atoms with Crippen molar-refractivity contribution in [1.29, 1.82) is 0 Å². The van der Waals surface area contributed by atoms with Gasteiger partial charge in [-0.3, -0.25) is 4.79 Å². The molecule has 0 unspecified atom stereocenters. The van der Waals surface area contributed by atoms with Crippen LogP contribution in [0.25, 0.3) is 0 Å². The maximum atomic E-state index is 12.8. The van der Waals surface area contributed by atoms with Crippen molar-refractivity contribution in [1.82, 2.24) is 5.32 Å². The van der Waals surface area contributed by atoms with E-state index in [1.165, 1.54) is 16.7 Å². The minimum absolute atomic E-state index is 0.000540. The van der Waals surface area contributed by atoms with E-state index in [-0.39, 0.29) is 12.0 Å². The second-order valence-corrected chi connectivity index (χ2v) is 9.33. The average molecular weight is 422 g/mol. The van der Waals surface area contributed by atoms with Crippen molar-refractivity contribution in [3.63, 3.8) is 0 Å². The zero-order chi connectivity index (χ0) is 22.1. The predicted octanol–water partition coefficient (Wildman–Crippen LogP) is 6.30. The molecule has 1 amide bonds. The predicted molar refractivity (Wildman–Crippen MR) is 129 cm³/mol. The Morgan fingerprint density at radius 1 is 1.16 bits per heavy atom. The molecule has 0 aromatic heterocycles. The summed E-state index contributed by atoms with van der Waals surface area (Å²) in [6, 6.07) is 8.44. The van der Waals surface area contributed by atoms with Gasteiger partial charge in [0.25, 0.3) is 0 Å². The van der Waals surface area contributed by atoms with E-state index in [1.54, 1.807) is 0 Å². The molecule has 31 heavy (non-hydrogen) atoms. The molecule has 1 N–H and O–H groups in total. The average Bonchev–Trinajstić information content (AvgIpc) is 3.00. The summed E-state index contributed by atoms with van der Waals surface area (Å²) in [5, 5.41) is 3.07. The van der Waals surface area contributed by atoms with E-state index in [0.717, 1.165) is 50.5 Å². The highest BCUT2D eigenvalue weighted by Crippen LogP contribution is 2.29. The molecule has 2 aliphatic rings. The minimum atomic E-state index is -0.382. The first-order valence-corrected chi connectivity index (χ1v) is 12.0. The van der Waals surface area contributed by atoms with Gasteiger partial charge in [0.1, 0.15) is 6.10 Å². The van der Waals surface area contributed by atoms with Crippen LogP contribution < -0.4 is 5.32 Å². The van der Waals surface area contributed by atoms with Crippen molar-refractivity contribution in [3.05, 3.63) is 71.3 Å². The molecule has 1 aromatic rings. The number of rotatable bonds is 7. The monoisotopic (exact) mass is 421 g/mol. The number of allylic oxidation sites excluding steroid dienone is 3. The fourth-order valence-corrected chi connectivity index (χ4v) is 4.59. The molecule has 1 aliphatic carbocycles. The molecule has 0 bridgehead atoms. The van der Waals surface area contributed by atoms with E-state index in [1.807, 2.05) is 0 Å². The van der Waals surface area contributed by atoms with E-state index >= 15 is 0 Å². The van der Waals surface area contributed by atoms with Crippen molar-refractivity contribution in [2.45, 2.75) is 77.9 Å². The molecular formula is C28H39NO2. The molecule has 0 spiro atoms. The Balaban J connectivity index is 1.49. The molecule has 1 aliphatic heterocycles. The Morgan fingerprint density at radius 3 is 2.71 bits per heavy atom. The smallest absolute Gasteiger partial charge is 0.249 e. The first kappa shape index (κ1) is 23.5. The molecule has 0 radical (unpaired) electrons. The highest BCUT2D eigenvalue weighted by atomic mass is 16.5. The summed E-state index contributed by atoms with van der Waals surface area (Å²) in [6.45, 7) is 9.91. The number of carbonyl (C=O) groups excluding carboxylic acids is 1. The highest BCUT2D eigenvalue weighted by Gasteiger charge is 2.23. The fraction of sp³-hybridized carbons (Fsp3) is 0.536. The highest BCUT2D eigenvalue weighted by molar-refractivity contribution is 5.81. The summed E-state index contributed by atoms with van der Waals surface area (Å²) in [5.41, 5.74) is 5.18. The van der Waals surface area contributed by atoms with Crippen LogP contribution in [0.5, 0.6) is 0 Å². The molecule has 168 valence electrons. The number of amides is 1. The van der Waals surface area contributed by atoms with Crippen LogP contribution in [0.2, 0.25) is 0 Å². The Morgan fingerprint density at radius 2 is 1.94 bits per heavy atom. The Labute approximate surface area is 188 Å². The maximum absolute atomic E-state index is 12.8. The third kappa shape index (κ3) is 7.81. The lowest BCUT2D eigenvalue weighted by Crippen LogP contribution is -2.36. The number of ether oxygens (including phenoxy) is 1. The standard InChI is InChI=1S/C28H39NO2/c1-4-23-10-14-26(15-11-23)20-29-28(30)27-19-25(9-6-16-31-27)13-12-24-8-5-7-21(2)17-22(3)18-24/h5,8-11,14-15,21,24,27H,3-4,6-7,12-13,16-20H2,1-2H3,(H,29,30)/b8-5+/t21-,24+,27+/m1/s1. The van der Waals surface area contributed by atoms with E-state index in [0.29, 0.717) is 31.4 Å². The normalized spacial score (nSPS) is 25.7. The van der Waals surface area contributed by atoms with Gasteiger partial charge in [0, 0.05) is 13.0 Å². The second kappa shape index (κ2) is 12.0. The second-order valence-electron chi connectivity index (χ2n) is 9.33. The number of hydrogen-bond acceptors (Lipinski definition) is 2. The van der Waals surface area contributed by atoms with Crippen LogP contribution in [0.3, 0.4) is 0 Å². The number of aryl methyl sites for hydroxylation is 1. The van der Waals surface area contributed by atoms with Crippen LogP contribution in [0.1, 0.15) is 69.9 Å². The van der Waals surface area contributed by atoms with Crippen LogP contribution in [0, 0.1) is 11.8 Å². The van der Waals surface area contributed by atoms with E-state index in [2.05, 4.69) is 68.2 Å². The van der Waals surface area contributed by atoms with Crippen LogP contribution >= 0.6 is 0 Å². The van der Waals surface area contributed by atoms with Gasteiger partial charge < -0.3 is 10.1 Å². The molecule has 0 saturated carbocycles. The summed E-state index contributed by atoms with van der Waals surface area (Å²) < 4.78 is 5.88.